The maximum atomic E-state index is 11.9. The second-order valence-electron chi connectivity index (χ2n) is 4.60. The first-order valence-electron chi connectivity index (χ1n) is 6.62. The third kappa shape index (κ3) is 2.67. The van der Waals surface area contributed by atoms with E-state index in [2.05, 4.69) is 15.0 Å². The minimum absolute atomic E-state index is 0.0495. The summed E-state index contributed by atoms with van der Waals surface area (Å²) in [7, 11) is 0. The SMILES string of the molecule is CC[C@H]1COC(=O)N1c1nc(Cl)nc(-c2ccccc2)n1. The number of halogens is 1. The van der Waals surface area contributed by atoms with Crippen LogP contribution in [0, 0.1) is 0 Å². The number of rotatable bonds is 3. The molecule has 108 valence electrons. The van der Waals surface area contributed by atoms with Gasteiger partial charge in [0.15, 0.2) is 5.82 Å². The Kier molecular flexibility index (Phi) is 3.70. The molecule has 0 N–H and O–H groups in total. The Morgan fingerprint density at radius 2 is 2.05 bits per heavy atom. The number of hydrogen-bond acceptors (Lipinski definition) is 5. The van der Waals surface area contributed by atoms with Gasteiger partial charge in [0.2, 0.25) is 11.2 Å². The van der Waals surface area contributed by atoms with Gasteiger partial charge >= 0.3 is 6.09 Å². The molecule has 1 aliphatic heterocycles. The fourth-order valence-corrected chi connectivity index (χ4v) is 2.33. The summed E-state index contributed by atoms with van der Waals surface area (Å²) in [6.07, 6.45) is 0.290. The number of hydrogen-bond donors (Lipinski definition) is 0. The van der Waals surface area contributed by atoms with Gasteiger partial charge in [-0.25, -0.2) is 9.69 Å². The molecule has 0 aliphatic carbocycles. The van der Waals surface area contributed by atoms with Crippen molar-refractivity contribution in [3.05, 3.63) is 35.6 Å². The first-order valence-corrected chi connectivity index (χ1v) is 7.00. The maximum absolute atomic E-state index is 11.9. The number of nitrogens with zero attached hydrogens (tertiary/aromatic N) is 4. The molecule has 7 heteroatoms. The lowest BCUT2D eigenvalue weighted by atomic mass is 10.2. The van der Waals surface area contributed by atoms with Crippen molar-refractivity contribution in [3.63, 3.8) is 0 Å². The summed E-state index contributed by atoms with van der Waals surface area (Å²) < 4.78 is 5.05. The molecule has 1 saturated heterocycles. The van der Waals surface area contributed by atoms with Crippen LogP contribution in [0.4, 0.5) is 10.7 Å². The highest BCUT2D eigenvalue weighted by Crippen LogP contribution is 2.25. The van der Waals surface area contributed by atoms with Gasteiger partial charge in [0.25, 0.3) is 0 Å². The standard InChI is InChI=1S/C14H13ClN4O2/c1-2-10-8-21-14(20)19(10)13-17-11(16-12(15)18-13)9-6-4-3-5-7-9/h3-7,10H,2,8H2,1H3/t10-/m0/s1. The lowest BCUT2D eigenvalue weighted by Gasteiger charge is -2.18. The van der Waals surface area contributed by atoms with Crippen LogP contribution in [0.15, 0.2) is 30.3 Å². The smallest absolute Gasteiger partial charge is 0.417 e. The van der Waals surface area contributed by atoms with Crippen LogP contribution in [-0.4, -0.2) is 33.7 Å². The number of carbonyl (C=O) groups excluding carboxylic acids is 1. The number of anilines is 1. The van der Waals surface area contributed by atoms with Crippen LogP contribution in [0.5, 0.6) is 0 Å². The van der Waals surface area contributed by atoms with E-state index in [-0.39, 0.29) is 17.3 Å². The van der Waals surface area contributed by atoms with Crippen molar-refractivity contribution in [2.75, 3.05) is 11.5 Å². The molecule has 0 bridgehead atoms. The van der Waals surface area contributed by atoms with Crippen LogP contribution in [0.3, 0.4) is 0 Å². The van der Waals surface area contributed by atoms with Crippen molar-refractivity contribution in [1.29, 1.82) is 0 Å². The second-order valence-corrected chi connectivity index (χ2v) is 4.94. The Balaban J connectivity index is 2.04. The van der Waals surface area contributed by atoms with Crippen LogP contribution >= 0.6 is 11.6 Å². The van der Waals surface area contributed by atoms with Gasteiger partial charge in [0, 0.05) is 5.56 Å². The third-order valence-corrected chi connectivity index (χ3v) is 3.45. The van der Waals surface area contributed by atoms with E-state index in [9.17, 15) is 4.79 Å². The first kappa shape index (κ1) is 13.8. The normalized spacial score (nSPS) is 17.9. The molecular formula is C14H13ClN4O2. The highest BCUT2D eigenvalue weighted by atomic mass is 35.5. The molecule has 1 atom stereocenters. The van der Waals surface area contributed by atoms with Crippen LogP contribution in [0.2, 0.25) is 5.28 Å². The lowest BCUT2D eigenvalue weighted by Crippen LogP contribution is -2.34. The van der Waals surface area contributed by atoms with Gasteiger partial charge in [-0.05, 0) is 18.0 Å². The Morgan fingerprint density at radius 3 is 2.76 bits per heavy atom. The summed E-state index contributed by atoms with van der Waals surface area (Å²) in [4.78, 5) is 25.8. The number of amides is 1. The Morgan fingerprint density at radius 1 is 1.29 bits per heavy atom. The van der Waals surface area contributed by atoms with Gasteiger partial charge in [0.1, 0.15) is 6.61 Å². The van der Waals surface area contributed by atoms with Gasteiger partial charge in [-0.3, -0.25) is 0 Å². The van der Waals surface area contributed by atoms with E-state index in [0.717, 1.165) is 12.0 Å². The second kappa shape index (κ2) is 5.65. The van der Waals surface area contributed by atoms with Gasteiger partial charge in [0.05, 0.1) is 6.04 Å². The minimum atomic E-state index is -0.455. The molecule has 0 radical (unpaired) electrons. The average Bonchev–Trinajstić information content (AvgIpc) is 2.88. The van der Waals surface area contributed by atoms with Gasteiger partial charge in [-0.15, -0.1) is 0 Å². The molecule has 0 saturated carbocycles. The summed E-state index contributed by atoms with van der Waals surface area (Å²) in [5.41, 5.74) is 0.809. The number of benzene rings is 1. The molecule has 1 aromatic heterocycles. The van der Waals surface area contributed by atoms with Crippen molar-refractivity contribution >= 4 is 23.6 Å². The van der Waals surface area contributed by atoms with Crippen molar-refractivity contribution in [1.82, 2.24) is 15.0 Å². The summed E-state index contributed by atoms with van der Waals surface area (Å²) >= 11 is 5.98. The van der Waals surface area contributed by atoms with E-state index in [0.29, 0.717) is 12.4 Å². The molecule has 3 rings (SSSR count). The minimum Gasteiger partial charge on any atom is -0.447 e. The molecule has 1 fully saturated rings. The zero-order valence-corrected chi connectivity index (χ0v) is 12.1. The van der Waals surface area contributed by atoms with Crippen LogP contribution in [-0.2, 0) is 4.74 Å². The molecule has 1 amide bonds. The monoisotopic (exact) mass is 304 g/mol. The van der Waals surface area contributed by atoms with E-state index < -0.39 is 6.09 Å². The Bertz CT molecular complexity index is 665. The van der Waals surface area contributed by atoms with Crippen molar-refractivity contribution in [3.8, 4) is 11.4 Å². The molecule has 1 aromatic carbocycles. The zero-order chi connectivity index (χ0) is 14.8. The van der Waals surface area contributed by atoms with E-state index in [1.54, 1.807) is 0 Å². The highest BCUT2D eigenvalue weighted by molar-refractivity contribution is 6.28. The summed E-state index contributed by atoms with van der Waals surface area (Å²) in [5, 5.41) is 0.0495. The maximum Gasteiger partial charge on any atom is 0.417 e. The topological polar surface area (TPSA) is 68.2 Å². The van der Waals surface area contributed by atoms with E-state index >= 15 is 0 Å². The number of aromatic nitrogens is 3. The van der Waals surface area contributed by atoms with Crippen LogP contribution in [0.25, 0.3) is 11.4 Å². The lowest BCUT2D eigenvalue weighted by molar-refractivity contribution is 0.178. The predicted molar refractivity (Wildman–Crippen MR) is 78.2 cm³/mol. The molecule has 0 spiro atoms. The quantitative estimate of drug-likeness (QED) is 0.872. The van der Waals surface area contributed by atoms with E-state index in [4.69, 9.17) is 16.3 Å². The molecule has 0 unspecified atom stereocenters. The zero-order valence-electron chi connectivity index (χ0n) is 11.4. The Hall–Kier alpha value is -2.21. The number of cyclic esters (lactones) is 1. The molecule has 21 heavy (non-hydrogen) atoms. The van der Waals surface area contributed by atoms with Gasteiger partial charge in [-0.2, -0.15) is 15.0 Å². The van der Waals surface area contributed by atoms with E-state index in [1.165, 1.54) is 4.90 Å². The predicted octanol–water partition coefficient (Wildman–Crippen LogP) is 2.93. The highest BCUT2D eigenvalue weighted by Gasteiger charge is 2.35. The number of carbonyl (C=O) groups is 1. The number of ether oxygens (including phenoxy) is 1. The van der Waals surface area contributed by atoms with E-state index in [1.807, 2.05) is 37.3 Å². The molecule has 2 heterocycles. The molecule has 1 aliphatic rings. The van der Waals surface area contributed by atoms with Gasteiger partial charge in [-0.1, -0.05) is 37.3 Å². The molecule has 6 nitrogen and oxygen atoms in total. The van der Waals surface area contributed by atoms with Crippen LogP contribution < -0.4 is 4.90 Å². The van der Waals surface area contributed by atoms with Crippen molar-refractivity contribution in [2.45, 2.75) is 19.4 Å². The molecular weight excluding hydrogens is 292 g/mol. The summed E-state index contributed by atoms with van der Waals surface area (Å²) in [6.45, 7) is 2.31. The fourth-order valence-electron chi connectivity index (χ4n) is 2.17. The molecule has 2 aromatic rings. The third-order valence-electron chi connectivity index (χ3n) is 3.28. The first-order chi connectivity index (χ1) is 10.2. The Labute approximate surface area is 126 Å². The summed E-state index contributed by atoms with van der Waals surface area (Å²) in [5.74, 6) is 0.656. The van der Waals surface area contributed by atoms with Crippen LogP contribution in [0.1, 0.15) is 13.3 Å². The van der Waals surface area contributed by atoms with Crippen molar-refractivity contribution < 1.29 is 9.53 Å². The van der Waals surface area contributed by atoms with Gasteiger partial charge < -0.3 is 4.74 Å². The van der Waals surface area contributed by atoms with Crippen molar-refractivity contribution in [2.24, 2.45) is 0 Å². The average molecular weight is 305 g/mol. The largest absolute Gasteiger partial charge is 0.447 e. The summed E-state index contributed by atoms with van der Waals surface area (Å²) in [6, 6.07) is 9.32. The fraction of sp³-hybridized carbons (Fsp3) is 0.286.